The van der Waals surface area contributed by atoms with E-state index in [0.29, 0.717) is 30.4 Å². The molecule has 2 amide bonds. The van der Waals surface area contributed by atoms with Gasteiger partial charge in [-0.2, -0.15) is 0 Å². The minimum Gasteiger partial charge on any atom is -0.493 e. The van der Waals surface area contributed by atoms with Crippen molar-refractivity contribution in [3.05, 3.63) is 54.1 Å². The fourth-order valence-electron chi connectivity index (χ4n) is 2.29. The molecule has 0 aliphatic heterocycles. The Morgan fingerprint density at radius 3 is 2.48 bits per heavy atom. The normalized spacial score (nSPS) is 11.5. The number of benzene rings is 2. The molecule has 2 aromatic carbocycles. The van der Waals surface area contributed by atoms with Gasteiger partial charge in [0.1, 0.15) is 6.61 Å². The summed E-state index contributed by atoms with van der Waals surface area (Å²) in [5.41, 5.74) is 1.65. The van der Waals surface area contributed by atoms with Crippen molar-refractivity contribution < 1.29 is 19.0 Å². The summed E-state index contributed by atoms with van der Waals surface area (Å²) in [6.07, 6.45) is 0. The van der Waals surface area contributed by atoms with Crippen LogP contribution in [-0.2, 0) is 4.74 Å². The Hall–Kier alpha value is -2.73. The Balaban J connectivity index is 1.98. The number of anilines is 1. The van der Waals surface area contributed by atoms with Crippen molar-refractivity contribution in [2.24, 2.45) is 0 Å². The third kappa shape index (κ3) is 5.69. The zero-order valence-corrected chi connectivity index (χ0v) is 14.7. The molecule has 0 aromatic heterocycles. The first-order chi connectivity index (χ1) is 12.1. The summed E-state index contributed by atoms with van der Waals surface area (Å²) in [6.45, 7) is 2.80. The topological polar surface area (TPSA) is 68.8 Å². The van der Waals surface area contributed by atoms with Crippen LogP contribution in [0, 0.1) is 0 Å². The molecule has 1 atom stereocenters. The molecule has 2 rings (SSSR count). The molecule has 0 fully saturated rings. The van der Waals surface area contributed by atoms with Crippen LogP contribution >= 0.6 is 0 Å². The highest BCUT2D eigenvalue weighted by Gasteiger charge is 2.11. The van der Waals surface area contributed by atoms with Gasteiger partial charge in [-0.3, -0.25) is 0 Å². The van der Waals surface area contributed by atoms with Gasteiger partial charge in [-0.15, -0.1) is 0 Å². The summed E-state index contributed by atoms with van der Waals surface area (Å²) in [4.78, 5) is 12.2. The highest BCUT2D eigenvalue weighted by atomic mass is 16.5. The Labute approximate surface area is 148 Å². The predicted octanol–water partition coefficient (Wildman–Crippen LogP) is 3.60. The number of hydrogen-bond donors (Lipinski definition) is 2. The maximum atomic E-state index is 12.2. The number of carbonyl (C=O) groups is 1. The molecule has 0 saturated carbocycles. The summed E-state index contributed by atoms with van der Waals surface area (Å²) in [6, 6.07) is 14.6. The first kappa shape index (κ1) is 18.6. The highest BCUT2D eigenvalue weighted by Crippen LogP contribution is 2.30. The average Bonchev–Trinajstić information content (AvgIpc) is 2.63. The first-order valence-corrected chi connectivity index (χ1v) is 8.06. The molecule has 6 heteroatoms. The van der Waals surface area contributed by atoms with E-state index in [1.54, 1.807) is 32.4 Å². The van der Waals surface area contributed by atoms with Crippen molar-refractivity contribution in [3.8, 4) is 11.5 Å². The van der Waals surface area contributed by atoms with Crippen molar-refractivity contribution in [2.75, 3.05) is 32.8 Å². The van der Waals surface area contributed by atoms with Gasteiger partial charge in [-0.25, -0.2) is 4.79 Å². The van der Waals surface area contributed by atoms with Crippen LogP contribution in [0.4, 0.5) is 10.5 Å². The van der Waals surface area contributed by atoms with Gasteiger partial charge in [-0.05, 0) is 24.6 Å². The van der Waals surface area contributed by atoms with Crippen LogP contribution < -0.4 is 20.1 Å². The van der Waals surface area contributed by atoms with Gasteiger partial charge in [0.05, 0.1) is 19.8 Å². The number of rotatable bonds is 8. The SMILES string of the molecule is COCCOc1cc(NC(=O)N[C@@H](C)c2ccccc2)ccc1OC. The minimum absolute atomic E-state index is 0.100. The van der Waals surface area contributed by atoms with E-state index in [0.717, 1.165) is 5.56 Å². The highest BCUT2D eigenvalue weighted by molar-refractivity contribution is 5.89. The lowest BCUT2D eigenvalue weighted by molar-refractivity contribution is 0.144. The molecule has 2 N–H and O–H groups in total. The molecule has 0 aliphatic carbocycles. The summed E-state index contributed by atoms with van der Waals surface area (Å²) >= 11 is 0. The second-order valence-corrected chi connectivity index (χ2v) is 5.44. The van der Waals surface area contributed by atoms with E-state index in [2.05, 4.69) is 10.6 Å². The van der Waals surface area contributed by atoms with Gasteiger partial charge in [-0.1, -0.05) is 30.3 Å². The number of urea groups is 1. The quantitative estimate of drug-likeness (QED) is 0.718. The van der Waals surface area contributed by atoms with E-state index < -0.39 is 0 Å². The number of ether oxygens (including phenoxy) is 3. The van der Waals surface area contributed by atoms with Crippen LogP contribution in [0.5, 0.6) is 11.5 Å². The van der Waals surface area contributed by atoms with Gasteiger partial charge in [0.25, 0.3) is 0 Å². The van der Waals surface area contributed by atoms with Crippen LogP contribution in [0.1, 0.15) is 18.5 Å². The van der Waals surface area contributed by atoms with Crippen LogP contribution in [0.2, 0.25) is 0 Å². The fraction of sp³-hybridized carbons (Fsp3) is 0.316. The third-order valence-corrected chi connectivity index (χ3v) is 3.61. The third-order valence-electron chi connectivity index (χ3n) is 3.61. The molecule has 0 saturated heterocycles. The summed E-state index contributed by atoms with van der Waals surface area (Å²) in [7, 11) is 3.18. The Kier molecular flexibility index (Phi) is 7.10. The summed E-state index contributed by atoms with van der Waals surface area (Å²) in [5.74, 6) is 1.15. The number of methoxy groups -OCH3 is 2. The molecule has 0 radical (unpaired) electrons. The van der Waals surface area contributed by atoms with Gasteiger partial charge in [0, 0.05) is 18.9 Å². The van der Waals surface area contributed by atoms with Crippen molar-refractivity contribution in [1.82, 2.24) is 5.32 Å². The zero-order valence-electron chi connectivity index (χ0n) is 14.7. The second kappa shape index (κ2) is 9.54. The van der Waals surface area contributed by atoms with E-state index in [9.17, 15) is 4.79 Å². The van der Waals surface area contributed by atoms with Crippen molar-refractivity contribution >= 4 is 11.7 Å². The van der Waals surface area contributed by atoms with Crippen LogP contribution in [0.3, 0.4) is 0 Å². The van der Waals surface area contributed by atoms with Crippen molar-refractivity contribution in [2.45, 2.75) is 13.0 Å². The summed E-state index contributed by atoms with van der Waals surface area (Å²) in [5, 5.41) is 5.71. The van der Waals surface area contributed by atoms with Crippen LogP contribution in [0.25, 0.3) is 0 Å². The Morgan fingerprint density at radius 1 is 1.04 bits per heavy atom. The van der Waals surface area contributed by atoms with Gasteiger partial charge in [0.15, 0.2) is 11.5 Å². The Bertz CT molecular complexity index is 676. The van der Waals surface area contributed by atoms with Gasteiger partial charge < -0.3 is 24.8 Å². The molecular formula is C19H24N2O4. The van der Waals surface area contributed by atoms with E-state index in [-0.39, 0.29) is 12.1 Å². The molecule has 134 valence electrons. The van der Waals surface area contributed by atoms with Gasteiger partial charge in [0.2, 0.25) is 0 Å². The van der Waals surface area contributed by atoms with Crippen LogP contribution in [-0.4, -0.2) is 33.5 Å². The molecule has 0 bridgehead atoms. The maximum Gasteiger partial charge on any atom is 0.319 e. The van der Waals surface area contributed by atoms with E-state index in [1.165, 1.54) is 0 Å². The molecule has 6 nitrogen and oxygen atoms in total. The molecule has 0 unspecified atom stereocenters. The van der Waals surface area contributed by atoms with E-state index in [4.69, 9.17) is 14.2 Å². The monoisotopic (exact) mass is 344 g/mol. The lowest BCUT2D eigenvalue weighted by Gasteiger charge is -2.16. The zero-order chi connectivity index (χ0) is 18.1. The molecule has 2 aromatic rings. The van der Waals surface area contributed by atoms with E-state index in [1.807, 2.05) is 37.3 Å². The number of carbonyl (C=O) groups excluding carboxylic acids is 1. The molecule has 0 aliphatic rings. The maximum absolute atomic E-state index is 12.2. The average molecular weight is 344 g/mol. The standard InChI is InChI=1S/C19H24N2O4/c1-14(15-7-5-4-6-8-15)20-19(22)21-16-9-10-17(24-3)18(13-16)25-12-11-23-2/h4-10,13-14H,11-12H2,1-3H3,(H2,20,21,22)/t14-/m0/s1. The first-order valence-electron chi connectivity index (χ1n) is 8.06. The second-order valence-electron chi connectivity index (χ2n) is 5.44. The Morgan fingerprint density at radius 2 is 1.80 bits per heavy atom. The largest absolute Gasteiger partial charge is 0.493 e. The number of amides is 2. The lowest BCUT2D eigenvalue weighted by Crippen LogP contribution is -2.31. The van der Waals surface area contributed by atoms with Gasteiger partial charge >= 0.3 is 6.03 Å². The summed E-state index contributed by atoms with van der Waals surface area (Å²) < 4.78 is 15.9. The predicted molar refractivity (Wildman–Crippen MR) is 97.4 cm³/mol. The fourth-order valence-corrected chi connectivity index (χ4v) is 2.29. The van der Waals surface area contributed by atoms with Crippen molar-refractivity contribution in [1.29, 1.82) is 0 Å². The number of nitrogens with one attached hydrogen (secondary N) is 2. The molecular weight excluding hydrogens is 320 g/mol. The van der Waals surface area contributed by atoms with Crippen molar-refractivity contribution in [3.63, 3.8) is 0 Å². The smallest absolute Gasteiger partial charge is 0.319 e. The molecule has 25 heavy (non-hydrogen) atoms. The minimum atomic E-state index is -0.288. The van der Waals surface area contributed by atoms with E-state index >= 15 is 0 Å². The number of hydrogen-bond acceptors (Lipinski definition) is 4. The lowest BCUT2D eigenvalue weighted by atomic mass is 10.1. The molecule has 0 heterocycles. The molecule has 0 spiro atoms. The van der Waals surface area contributed by atoms with Crippen LogP contribution in [0.15, 0.2) is 48.5 Å².